The maximum absolute atomic E-state index is 6.22. The van der Waals surface area contributed by atoms with Crippen LogP contribution in [0, 0.1) is 17.8 Å². The zero-order chi connectivity index (χ0) is 13.2. The molecule has 4 nitrogen and oxygen atoms in total. The SMILES string of the molecule is CC(C)COC1C2CCCC1CN(c1nncs1)C2. The van der Waals surface area contributed by atoms with Gasteiger partial charge in [-0.3, -0.25) is 0 Å². The molecule has 2 heterocycles. The molecule has 1 aromatic heterocycles. The largest absolute Gasteiger partial charge is 0.377 e. The van der Waals surface area contributed by atoms with Crippen LogP contribution in [0.5, 0.6) is 0 Å². The zero-order valence-corrected chi connectivity index (χ0v) is 12.6. The first-order valence-corrected chi connectivity index (χ1v) is 8.24. The van der Waals surface area contributed by atoms with Gasteiger partial charge in [0.2, 0.25) is 5.13 Å². The first-order chi connectivity index (χ1) is 9.24. The van der Waals surface area contributed by atoms with Crippen LogP contribution >= 0.6 is 11.3 Å². The van der Waals surface area contributed by atoms with E-state index in [0.717, 1.165) is 24.8 Å². The number of nitrogens with zero attached hydrogens (tertiary/aromatic N) is 3. The van der Waals surface area contributed by atoms with Gasteiger partial charge in [-0.25, -0.2) is 0 Å². The van der Waals surface area contributed by atoms with Gasteiger partial charge in [0, 0.05) is 31.5 Å². The van der Waals surface area contributed by atoms with Gasteiger partial charge in [-0.15, -0.1) is 10.2 Å². The Morgan fingerprint density at radius 3 is 2.68 bits per heavy atom. The summed E-state index contributed by atoms with van der Waals surface area (Å²) in [4.78, 5) is 2.42. The van der Waals surface area contributed by atoms with Crippen LogP contribution in [0.3, 0.4) is 0 Å². The lowest BCUT2D eigenvalue weighted by Gasteiger charge is -2.47. The van der Waals surface area contributed by atoms with Gasteiger partial charge in [0.15, 0.2) is 0 Å². The van der Waals surface area contributed by atoms with Crippen molar-refractivity contribution in [2.24, 2.45) is 17.8 Å². The van der Waals surface area contributed by atoms with Crippen molar-refractivity contribution >= 4 is 16.5 Å². The quantitative estimate of drug-likeness (QED) is 0.850. The Balaban J connectivity index is 1.67. The van der Waals surface area contributed by atoms with E-state index >= 15 is 0 Å². The Morgan fingerprint density at radius 2 is 2.11 bits per heavy atom. The zero-order valence-electron chi connectivity index (χ0n) is 11.8. The fourth-order valence-corrected chi connectivity index (χ4v) is 4.00. The molecule has 1 aromatic rings. The van der Waals surface area contributed by atoms with Crippen molar-refractivity contribution in [3.05, 3.63) is 5.51 Å². The first-order valence-electron chi connectivity index (χ1n) is 7.36. The van der Waals surface area contributed by atoms with Crippen LogP contribution in [-0.2, 0) is 4.74 Å². The molecule has 0 radical (unpaired) electrons. The normalized spacial score (nSPS) is 30.9. The Labute approximate surface area is 119 Å². The van der Waals surface area contributed by atoms with Crippen molar-refractivity contribution in [1.29, 1.82) is 0 Å². The summed E-state index contributed by atoms with van der Waals surface area (Å²) in [5.74, 6) is 1.98. The minimum Gasteiger partial charge on any atom is -0.377 e. The summed E-state index contributed by atoms with van der Waals surface area (Å²) in [6.07, 6.45) is 4.43. The molecule has 2 fully saturated rings. The molecule has 2 atom stereocenters. The molecule has 19 heavy (non-hydrogen) atoms. The molecular formula is C14H23N3OS. The number of rotatable bonds is 4. The van der Waals surface area contributed by atoms with Gasteiger partial charge in [-0.1, -0.05) is 31.6 Å². The van der Waals surface area contributed by atoms with E-state index in [1.807, 2.05) is 5.51 Å². The summed E-state index contributed by atoms with van der Waals surface area (Å²) in [7, 11) is 0. The van der Waals surface area contributed by atoms with E-state index in [2.05, 4.69) is 28.9 Å². The Bertz CT molecular complexity index is 381. The molecule has 0 spiro atoms. The summed E-state index contributed by atoms with van der Waals surface area (Å²) in [6, 6.07) is 0. The van der Waals surface area contributed by atoms with E-state index in [4.69, 9.17) is 4.74 Å². The van der Waals surface area contributed by atoms with Crippen LogP contribution in [0.1, 0.15) is 33.1 Å². The van der Waals surface area contributed by atoms with Crippen LogP contribution in [0.2, 0.25) is 0 Å². The number of piperidine rings is 1. The van der Waals surface area contributed by atoms with Crippen LogP contribution < -0.4 is 4.90 Å². The molecule has 1 aliphatic carbocycles. The molecule has 5 heteroatoms. The highest BCUT2D eigenvalue weighted by Gasteiger charge is 2.40. The summed E-state index contributed by atoms with van der Waals surface area (Å²) in [6.45, 7) is 7.54. The van der Waals surface area contributed by atoms with Crippen molar-refractivity contribution < 1.29 is 4.74 Å². The van der Waals surface area contributed by atoms with Gasteiger partial charge >= 0.3 is 0 Å². The summed E-state index contributed by atoms with van der Waals surface area (Å²) in [5, 5.41) is 9.27. The third-order valence-electron chi connectivity index (χ3n) is 4.23. The number of hydrogen-bond acceptors (Lipinski definition) is 5. The van der Waals surface area contributed by atoms with Gasteiger partial charge in [-0.05, 0) is 18.8 Å². The fraction of sp³-hybridized carbons (Fsp3) is 0.857. The minimum atomic E-state index is 0.473. The van der Waals surface area contributed by atoms with Crippen LogP contribution in [-0.4, -0.2) is 36.0 Å². The third-order valence-corrected chi connectivity index (χ3v) is 4.98. The van der Waals surface area contributed by atoms with Crippen molar-refractivity contribution in [3.63, 3.8) is 0 Å². The maximum Gasteiger partial charge on any atom is 0.208 e. The van der Waals surface area contributed by atoms with E-state index in [-0.39, 0.29) is 0 Å². The van der Waals surface area contributed by atoms with Crippen molar-refractivity contribution in [3.8, 4) is 0 Å². The lowest BCUT2D eigenvalue weighted by atomic mass is 9.75. The second-order valence-electron chi connectivity index (χ2n) is 6.27. The molecule has 0 N–H and O–H groups in total. The summed E-state index contributed by atoms with van der Waals surface area (Å²) >= 11 is 1.65. The number of aromatic nitrogens is 2. The standard InChI is InChI=1S/C14H23N3OS/c1-10(2)8-18-13-11-4-3-5-12(13)7-17(6-11)14-16-15-9-19-14/h9-13H,3-8H2,1-2H3. The predicted octanol–water partition coefficient (Wildman–Crippen LogP) is 2.82. The van der Waals surface area contributed by atoms with E-state index in [1.165, 1.54) is 19.3 Å². The molecular weight excluding hydrogens is 258 g/mol. The maximum atomic E-state index is 6.22. The van der Waals surface area contributed by atoms with Gasteiger partial charge in [0.1, 0.15) is 5.51 Å². The van der Waals surface area contributed by atoms with E-state index < -0.39 is 0 Å². The average molecular weight is 281 g/mol. The predicted molar refractivity (Wildman–Crippen MR) is 77.5 cm³/mol. The Hall–Kier alpha value is -0.680. The summed E-state index contributed by atoms with van der Waals surface area (Å²) in [5.41, 5.74) is 1.83. The van der Waals surface area contributed by atoms with Gasteiger partial charge in [0.05, 0.1) is 6.10 Å². The highest BCUT2D eigenvalue weighted by Crippen LogP contribution is 2.38. The smallest absolute Gasteiger partial charge is 0.208 e. The molecule has 2 aliphatic rings. The third kappa shape index (κ3) is 2.92. The second kappa shape index (κ2) is 5.75. The number of anilines is 1. The molecule has 1 saturated heterocycles. The lowest BCUT2D eigenvalue weighted by Crippen LogP contribution is -2.52. The van der Waals surface area contributed by atoms with Crippen molar-refractivity contribution in [1.82, 2.24) is 10.2 Å². The molecule has 2 bridgehead atoms. The van der Waals surface area contributed by atoms with Crippen molar-refractivity contribution in [2.45, 2.75) is 39.2 Å². The minimum absolute atomic E-state index is 0.473. The molecule has 0 aromatic carbocycles. The van der Waals surface area contributed by atoms with Gasteiger partial charge < -0.3 is 9.64 Å². The number of hydrogen-bond donors (Lipinski definition) is 0. The van der Waals surface area contributed by atoms with Gasteiger partial charge in [0.25, 0.3) is 0 Å². The topological polar surface area (TPSA) is 38.2 Å². The lowest BCUT2D eigenvalue weighted by molar-refractivity contribution is -0.0647. The van der Waals surface area contributed by atoms with Crippen molar-refractivity contribution in [2.75, 3.05) is 24.6 Å². The van der Waals surface area contributed by atoms with Gasteiger partial charge in [-0.2, -0.15) is 0 Å². The van der Waals surface area contributed by atoms with E-state index in [9.17, 15) is 0 Å². The molecule has 0 amide bonds. The monoisotopic (exact) mass is 281 g/mol. The molecule has 3 rings (SSSR count). The molecule has 1 aliphatic heterocycles. The molecule has 1 saturated carbocycles. The van der Waals surface area contributed by atoms with Crippen LogP contribution in [0.4, 0.5) is 5.13 Å². The second-order valence-corrected chi connectivity index (χ2v) is 7.08. The van der Waals surface area contributed by atoms with E-state index in [0.29, 0.717) is 23.9 Å². The average Bonchev–Trinajstić information content (AvgIpc) is 2.88. The molecule has 2 unspecified atom stereocenters. The van der Waals surface area contributed by atoms with E-state index in [1.54, 1.807) is 11.3 Å². The Kier molecular flexibility index (Phi) is 4.03. The number of ether oxygens (including phenoxy) is 1. The number of fused-ring (bicyclic) bond motifs is 2. The Morgan fingerprint density at radius 1 is 1.37 bits per heavy atom. The molecule has 106 valence electrons. The fourth-order valence-electron chi connectivity index (χ4n) is 3.42. The summed E-state index contributed by atoms with van der Waals surface area (Å²) < 4.78 is 6.22. The van der Waals surface area contributed by atoms with Crippen LogP contribution in [0.15, 0.2) is 5.51 Å². The van der Waals surface area contributed by atoms with Crippen LogP contribution in [0.25, 0.3) is 0 Å². The highest BCUT2D eigenvalue weighted by molar-refractivity contribution is 7.13. The highest BCUT2D eigenvalue weighted by atomic mass is 32.1. The first kappa shape index (κ1) is 13.3.